The van der Waals surface area contributed by atoms with Crippen molar-refractivity contribution in [2.75, 3.05) is 39.8 Å². The Morgan fingerprint density at radius 3 is 2.23 bits per heavy atom. The van der Waals surface area contributed by atoms with Crippen LogP contribution in [0, 0.1) is 0 Å². The van der Waals surface area contributed by atoms with E-state index in [9.17, 15) is 21.6 Å². The highest BCUT2D eigenvalue weighted by Gasteiger charge is 2.50. The zero-order valence-corrected chi connectivity index (χ0v) is 16.6. The minimum atomic E-state index is -5.24. The SMILES string of the molecule is CCN(CC)C(C)CNC(=NC)NC1CCN(S(=O)(=O)C(F)(F)F)CC1. The van der Waals surface area contributed by atoms with Crippen LogP contribution in [0.1, 0.15) is 33.6 Å². The molecule has 0 aromatic carbocycles. The molecular weight excluding hydrogens is 371 g/mol. The molecule has 0 aliphatic carbocycles. The van der Waals surface area contributed by atoms with Crippen LogP contribution >= 0.6 is 0 Å². The van der Waals surface area contributed by atoms with Crippen molar-refractivity contribution >= 4 is 16.0 Å². The van der Waals surface area contributed by atoms with E-state index in [-0.39, 0.29) is 19.1 Å². The van der Waals surface area contributed by atoms with E-state index in [1.54, 1.807) is 7.05 Å². The smallest absolute Gasteiger partial charge is 0.355 e. The van der Waals surface area contributed by atoms with Crippen molar-refractivity contribution in [2.24, 2.45) is 4.99 Å². The monoisotopic (exact) mass is 401 g/mol. The van der Waals surface area contributed by atoms with E-state index < -0.39 is 15.5 Å². The predicted molar refractivity (Wildman–Crippen MR) is 96.5 cm³/mol. The van der Waals surface area contributed by atoms with Gasteiger partial charge in [0.2, 0.25) is 0 Å². The fourth-order valence-corrected chi connectivity index (χ4v) is 3.98. The minimum absolute atomic E-state index is 0.121. The van der Waals surface area contributed by atoms with Gasteiger partial charge >= 0.3 is 15.5 Å². The highest BCUT2D eigenvalue weighted by Crippen LogP contribution is 2.28. The lowest BCUT2D eigenvalue weighted by atomic mass is 10.1. The zero-order chi connectivity index (χ0) is 20.0. The standard InChI is InChI=1S/C15H30F3N5O2S/c1-5-22(6-2)12(3)11-20-14(19-4)21-13-7-9-23(10-8-13)26(24,25)15(16,17)18/h12-13H,5-11H2,1-4H3,(H2,19,20,21). The summed E-state index contributed by atoms with van der Waals surface area (Å²) in [7, 11) is -3.61. The van der Waals surface area contributed by atoms with Gasteiger partial charge < -0.3 is 10.6 Å². The number of alkyl halides is 3. The molecule has 0 aromatic heterocycles. The fraction of sp³-hybridized carbons (Fsp3) is 0.933. The van der Waals surface area contributed by atoms with E-state index in [4.69, 9.17) is 0 Å². The summed E-state index contributed by atoms with van der Waals surface area (Å²) in [6.45, 7) is 8.54. The van der Waals surface area contributed by atoms with Gasteiger partial charge in [0.05, 0.1) is 0 Å². The summed E-state index contributed by atoms with van der Waals surface area (Å²) < 4.78 is 61.2. The van der Waals surface area contributed by atoms with Gasteiger partial charge in [-0.05, 0) is 32.9 Å². The Balaban J connectivity index is 2.50. The number of piperidine rings is 1. The molecule has 1 unspecified atom stereocenters. The van der Waals surface area contributed by atoms with Crippen LogP contribution in [-0.2, 0) is 10.0 Å². The van der Waals surface area contributed by atoms with Gasteiger partial charge in [-0.2, -0.15) is 17.5 Å². The Kier molecular flexibility index (Phi) is 8.61. The van der Waals surface area contributed by atoms with Gasteiger partial charge in [-0.15, -0.1) is 0 Å². The van der Waals surface area contributed by atoms with Crippen molar-refractivity contribution < 1.29 is 21.6 Å². The van der Waals surface area contributed by atoms with Crippen LogP contribution in [-0.4, -0.2) is 80.9 Å². The van der Waals surface area contributed by atoms with Gasteiger partial charge in [0.25, 0.3) is 0 Å². The lowest BCUT2D eigenvalue weighted by molar-refractivity contribution is -0.0494. The second-order valence-corrected chi connectivity index (χ2v) is 8.22. The van der Waals surface area contributed by atoms with Crippen molar-refractivity contribution in [3.63, 3.8) is 0 Å². The van der Waals surface area contributed by atoms with Gasteiger partial charge in [-0.1, -0.05) is 13.8 Å². The van der Waals surface area contributed by atoms with Crippen LogP contribution in [0.25, 0.3) is 0 Å². The third-order valence-electron chi connectivity index (χ3n) is 4.65. The van der Waals surface area contributed by atoms with Gasteiger partial charge in [-0.25, -0.2) is 8.42 Å². The van der Waals surface area contributed by atoms with Crippen molar-refractivity contribution in [3.8, 4) is 0 Å². The number of guanidine groups is 1. The van der Waals surface area contributed by atoms with Crippen LogP contribution in [0.2, 0.25) is 0 Å². The highest BCUT2D eigenvalue weighted by molar-refractivity contribution is 7.90. The van der Waals surface area contributed by atoms with Crippen molar-refractivity contribution in [1.29, 1.82) is 0 Å². The molecule has 7 nitrogen and oxygen atoms in total. The first kappa shape index (κ1) is 23.0. The van der Waals surface area contributed by atoms with E-state index >= 15 is 0 Å². The van der Waals surface area contributed by atoms with Crippen molar-refractivity contribution in [1.82, 2.24) is 19.8 Å². The van der Waals surface area contributed by atoms with Gasteiger partial charge in [-0.3, -0.25) is 9.89 Å². The third kappa shape index (κ3) is 5.98. The number of halogens is 3. The van der Waals surface area contributed by atoms with Crippen LogP contribution in [0.15, 0.2) is 4.99 Å². The van der Waals surface area contributed by atoms with Crippen LogP contribution in [0.4, 0.5) is 13.2 Å². The molecule has 154 valence electrons. The van der Waals surface area contributed by atoms with E-state index in [1.807, 2.05) is 0 Å². The van der Waals surface area contributed by atoms with Gasteiger partial charge in [0.1, 0.15) is 0 Å². The Labute approximate surface area is 154 Å². The number of likely N-dealkylation sites (N-methyl/N-ethyl adjacent to an activating group) is 1. The summed E-state index contributed by atoms with van der Waals surface area (Å²) in [6, 6.07) is 0.187. The first-order valence-electron chi connectivity index (χ1n) is 8.84. The second-order valence-electron chi connectivity index (χ2n) is 6.29. The number of aliphatic imine (C=N–C) groups is 1. The fourth-order valence-electron chi connectivity index (χ4n) is 3.00. The summed E-state index contributed by atoms with van der Waals surface area (Å²) >= 11 is 0. The maximum absolute atomic E-state index is 12.6. The lowest BCUT2D eigenvalue weighted by Crippen LogP contribution is -2.53. The average Bonchev–Trinajstić information content (AvgIpc) is 2.59. The first-order chi connectivity index (χ1) is 12.1. The molecule has 0 bridgehead atoms. The number of hydrogen-bond acceptors (Lipinski definition) is 4. The molecule has 0 aromatic rings. The average molecular weight is 401 g/mol. The largest absolute Gasteiger partial charge is 0.511 e. The molecule has 0 saturated carbocycles. The molecular formula is C15H30F3N5O2S. The molecule has 11 heteroatoms. The number of sulfonamides is 1. The van der Waals surface area contributed by atoms with E-state index in [0.717, 1.165) is 13.1 Å². The topological polar surface area (TPSA) is 77.0 Å². The first-order valence-corrected chi connectivity index (χ1v) is 10.3. The number of hydrogen-bond donors (Lipinski definition) is 2. The molecule has 1 saturated heterocycles. The quantitative estimate of drug-likeness (QED) is 0.495. The molecule has 26 heavy (non-hydrogen) atoms. The Morgan fingerprint density at radius 2 is 1.81 bits per heavy atom. The molecule has 1 heterocycles. The molecule has 0 amide bonds. The van der Waals surface area contributed by atoms with E-state index in [0.29, 0.717) is 35.7 Å². The Hall–Kier alpha value is -1.07. The van der Waals surface area contributed by atoms with Crippen molar-refractivity contribution in [3.05, 3.63) is 0 Å². The summed E-state index contributed by atoms with van der Waals surface area (Å²) in [6.07, 6.45) is 0.587. The zero-order valence-electron chi connectivity index (χ0n) is 15.8. The highest BCUT2D eigenvalue weighted by atomic mass is 32.2. The predicted octanol–water partition coefficient (Wildman–Crippen LogP) is 1.20. The second kappa shape index (κ2) is 9.75. The van der Waals surface area contributed by atoms with Gasteiger partial charge in [0.15, 0.2) is 5.96 Å². The van der Waals surface area contributed by atoms with E-state index in [2.05, 4.69) is 41.3 Å². The molecule has 1 atom stereocenters. The Morgan fingerprint density at radius 1 is 1.27 bits per heavy atom. The number of rotatable bonds is 7. The lowest BCUT2D eigenvalue weighted by Gasteiger charge is -2.33. The summed E-state index contributed by atoms with van der Waals surface area (Å²) in [4.78, 5) is 6.43. The Bertz CT molecular complexity index is 556. The van der Waals surface area contributed by atoms with E-state index in [1.165, 1.54) is 0 Å². The molecule has 1 fully saturated rings. The minimum Gasteiger partial charge on any atom is -0.355 e. The van der Waals surface area contributed by atoms with Crippen molar-refractivity contribution in [2.45, 2.75) is 51.2 Å². The van der Waals surface area contributed by atoms with Crippen LogP contribution in [0.3, 0.4) is 0 Å². The number of nitrogens with one attached hydrogen (secondary N) is 2. The van der Waals surface area contributed by atoms with Gasteiger partial charge in [0, 0.05) is 38.8 Å². The molecule has 0 radical (unpaired) electrons. The maximum Gasteiger partial charge on any atom is 0.511 e. The normalized spacial score (nSPS) is 19.6. The summed E-state index contributed by atoms with van der Waals surface area (Å²) in [5.41, 5.74) is -5.24. The molecule has 0 spiro atoms. The summed E-state index contributed by atoms with van der Waals surface area (Å²) in [5.74, 6) is 0.570. The summed E-state index contributed by atoms with van der Waals surface area (Å²) in [5, 5.41) is 6.38. The molecule has 1 aliphatic heterocycles. The molecule has 1 rings (SSSR count). The molecule has 2 N–H and O–H groups in total. The van der Waals surface area contributed by atoms with Crippen LogP contribution in [0.5, 0.6) is 0 Å². The third-order valence-corrected chi connectivity index (χ3v) is 6.28. The molecule has 1 aliphatic rings. The van der Waals surface area contributed by atoms with Crippen LogP contribution < -0.4 is 10.6 Å². The maximum atomic E-state index is 12.6. The number of nitrogens with zero attached hydrogens (tertiary/aromatic N) is 3.